The standard InChI is InChI=1S/C32H35N3O4S/c1-6-39-27-12-10-23(17-28(27)38-5)18-30-32(37)33(4)26-19-24(11-13-29(26)40-30)31(36)34-14-15-35(22(3)20-34)25-9-7-8-21(2)16-25/h7-13,16-19,22H,6,14-15,20H2,1-5H3. The van der Waals surface area contributed by atoms with Crippen LogP contribution in [-0.2, 0) is 4.79 Å². The van der Waals surface area contributed by atoms with Gasteiger partial charge < -0.3 is 24.2 Å². The lowest BCUT2D eigenvalue weighted by Crippen LogP contribution is -2.53. The minimum Gasteiger partial charge on any atom is -0.493 e. The van der Waals surface area contributed by atoms with Crippen molar-refractivity contribution in [2.24, 2.45) is 0 Å². The van der Waals surface area contributed by atoms with Crippen molar-refractivity contribution in [2.45, 2.75) is 31.7 Å². The number of carbonyl (C=O) groups is 2. The number of anilines is 2. The Morgan fingerprint density at radius 1 is 1.07 bits per heavy atom. The molecule has 7 nitrogen and oxygen atoms in total. The summed E-state index contributed by atoms with van der Waals surface area (Å²) in [5.41, 5.74) is 4.61. The molecule has 8 heteroatoms. The first-order valence-corrected chi connectivity index (χ1v) is 14.4. The first-order valence-electron chi connectivity index (χ1n) is 13.5. The molecule has 3 aromatic carbocycles. The number of fused-ring (bicyclic) bond motifs is 1. The Hall–Kier alpha value is -3.91. The molecule has 5 rings (SSSR count). The lowest BCUT2D eigenvalue weighted by atomic mass is 10.1. The molecular formula is C32H35N3O4S. The molecule has 0 aromatic heterocycles. The zero-order valence-corrected chi connectivity index (χ0v) is 24.5. The van der Waals surface area contributed by atoms with Crippen LogP contribution in [-0.4, -0.2) is 63.2 Å². The third-order valence-corrected chi connectivity index (χ3v) is 8.41. The number of benzene rings is 3. The van der Waals surface area contributed by atoms with Gasteiger partial charge in [0.1, 0.15) is 0 Å². The number of methoxy groups -OCH3 is 1. The highest BCUT2D eigenvalue weighted by Gasteiger charge is 2.31. The molecule has 0 bridgehead atoms. The molecular weight excluding hydrogens is 522 g/mol. The van der Waals surface area contributed by atoms with Crippen molar-refractivity contribution in [3.8, 4) is 11.5 Å². The number of aryl methyl sites for hydroxylation is 1. The summed E-state index contributed by atoms with van der Waals surface area (Å²) in [5.74, 6) is 1.17. The minimum atomic E-state index is -0.115. The fourth-order valence-corrected chi connectivity index (χ4v) is 6.33. The van der Waals surface area contributed by atoms with E-state index in [1.807, 2.05) is 54.3 Å². The lowest BCUT2D eigenvalue weighted by Gasteiger charge is -2.41. The smallest absolute Gasteiger partial charge is 0.264 e. The highest BCUT2D eigenvalue weighted by atomic mass is 32.2. The zero-order chi connectivity index (χ0) is 28.4. The van der Waals surface area contributed by atoms with Gasteiger partial charge in [0.05, 0.1) is 24.3 Å². The molecule has 2 amide bonds. The predicted molar refractivity (Wildman–Crippen MR) is 162 cm³/mol. The second kappa shape index (κ2) is 11.7. The van der Waals surface area contributed by atoms with E-state index in [0.29, 0.717) is 41.7 Å². The number of ether oxygens (including phenoxy) is 2. The van der Waals surface area contributed by atoms with E-state index >= 15 is 0 Å². The van der Waals surface area contributed by atoms with Crippen molar-refractivity contribution < 1.29 is 19.1 Å². The molecule has 2 heterocycles. The number of likely N-dealkylation sites (N-methyl/N-ethyl adjacent to an activating group) is 1. The molecule has 0 saturated carbocycles. The van der Waals surface area contributed by atoms with E-state index in [0.717, 1.165) is 22.7 Å². The van der Waals surface area contributed by atoms with Crippen molar-refractivity contribution in [1.82, 2.24) is 4.90 Å². The van der Waals surface area contributed by atoms with E-state index in [1.165, 1.54) is 23.0 Å². The van der Waals surface area contributed by atoms with Crippen LogP contribution in [0.15, 0.2) is 70.5 Å². The third kappa shape index (κ3) is 5.54. The second-order valence-electron chi connectivity index (χ2n) is 10.1. The average molecular weight is 558 g/mol. The van der Waals surface area contributed by atoms with Crippen LogP contribution in [0.25, 0.3) is 6.08 Å². The summed E-state index contributed by atoms with van der Waals surface area (Å²) in [6, 6.07) is 20.0. The molecule has 1 unspecified atom stereocenters. The van der Waals surface area contributed by atoms with E-state index in [1.54, 1.807) is 19.1 Å². The number of thioether (sulfide) groups is 1. The average Bonchev–Trinajstić information content (AvgIpc) is 2.96. The molecule has 2 aliphatic heterocycles. The van der Waals surface area contributed by atoms with E-state index < -0.39 is 0 Å². The number of hydrogen-bond donors (Lipinski definition) is 0. The van der Waals surface area contributed by atoms with Crippen LogP contribution in [0.3, 0.4) is 0 Å². The maximum atomic E-state index is 13.5. The van der Waals surface area contributed by atoms with E-state index in [9.17, 15) is 9.59 Å². The maximum absolute atomic E-state index is 13.5. The first kappa shape index (κ1) is 27.6. The molecule has 1 saturated heterocycles. The van der Waals surface area contributed by atoms with Gasteiger partial charge in [-0.25, -0.2) is 0 Å². The Bertz CT molecular complexity index is 1470. The Kier molecular flexibility index (Phi) is 8.07. The van der Waals surface area contributed by atoms with E-state index in [-0.39, 0.29) is 17.9 Å². The molecule has 208 valence electrons. The van der Waals surface area contributed by atoms with Crippen molar-refractivity contribution >= 4 is 41.0 Å². The van der Waals surface area contributed by atoms with Crippen molar-refractivity contribution in [3.05, 3.63) is 82.3 Å². The highest BCUT2D eigenvalue weighted by molar-refractivity contribution is 8.04. The van der Waals surface area contributed by atoms with E-state index in [2.05, 4.69) is 43.0 Å². The molecule has 3 aromatic rings. The maximum Gasteiger partial charge on any atom is 0.264 e. The van der Waals surface area contributed by atoms with Crippen LogP contribution in [0.4, 0.5) is 11.4 Å². The normalized spacial score (nSPS) is 18.1. The van der Waals surface area contributed by atoms with Crippen molar-refractivity contribution in [3.63, 3.8) is 0 Å². The van der Waals surface area contributed by atoms with Crippen LogP contribution in [0, 0.1) is 6.92 Å². The van der Waals surface area contributed by atoms with Crippen LogP contribution < -0.4 is 19.3 Å². The SMILES string of the molecule is CCOc1ccc(C=C2Sc3ccc(C(=O)N4CCN(c5cccc(C)c5)C(C)C4)cc3N(C)C2=O)cc1OC. The fraction of sp³-hybridized carbons (Fsp3) is 0.312. The number of piperazine rings is 1. The molecule has 0 spiro atoms. The largest absolute Gasteiger partial charge is 0.493 e. The van der Waals surface area contributed by atoms with Gasteiger partial charge in [0.15, 0.2) is 11.5 Å². The Labute approximate surface area is 240 Å². The lowest BCUT2D eigenvalue weighted by molar-refractivity contribution is -0.114. The molecule has 2 aliphatic rings. The summed E-state index contributed by atoms with van der Waals surface area (Å²) in [6.45, 7) is 8.79. The number of rotatable bonds is 6. The molecule has 0 radical (unpaired) electrons. The van der Waals surface area contributed by atoms with Gasteiger partial charge in [-0.2, -0.15) is 0 Å². The Morgan fingerprint density at radius 3 is 2.62 bits per heavy atom. The third-order valence-electron chi connectivity index (χ3n) is 7.34. The van der Waals surface area contributed by atoms with E-state index in [4.69, 9.17) is 9.47 Å². The van der Waals surface area contributed by atoms with Crippen LogP contribution >= 0.6 is 11.8 Å². The van der Waals surface area contributed by atoms with Gasteiger partial charge in [0, 0.05) is 48.9 Å². The highest BCUT2D eigenvalue weighted by Crippen LogP contribution is 2.42. The number of nitrogens with zero attached hydrogens (tertiary/aromatic N) is 3. The van der Waals surface area contributed by atoms with Crippen LogP contribution in [0.1, 0.15) is 35.3 Å². The molecule has 40 heavy (non-hydrogen) atoms. The van der Waals surface area contributed by atoms with Gasteiger partial charge in [-0.3, -0.25) is 9.59 Å². The van der Waals surface area contributed by atoms with Crippen molar-refractivity contribution in [1.29, 1.82) is 0 Å². The van der Waals surface area contributed by atoms with Gasteiger partial charge >= 0.3 is 0 Å². The van der Waals surface area contributed by atoms with Crippen molar-refractivity contribution in [2.75, 3.05) is 50.2 Å². The molecule has 1 fully saturated rings. The number of carbonyl (C=O) groups excluding carboxylic acids is 2. The van der Waals surface area contributed by atoms with Gasteiger partial charge in [-0.1, -0.05) is 30.0 Å². The molecule has 0 aliphatic carbocycles. The minimum absolute atomic E-state index is 0.00721. The Morgan fingerprint density at radius 2 is 1.90 bits per heavy atom. The van der Waals surface area contributed by atoms with Gasteiger partial charge in [-0.15, -0.1) is 0 Å². The summed E-state index contributed by atoms with van der Waals surface area (Å²) in [6.07, 6.45) is 1.86. The van der Waals surface area contributed by atoms with Crippen LogP contribution in [0.2, 0.25) is 0 Å². The Balaban J connectivity index is 1.32. The molecule has 1 atom stereocenters. The van der Waals surface area contributed by atoms with Crippen LogP contribution in [0.5, 0.6) is 11.5 Å². The summed E-state index contributed by atoms with van der Waals surface area (Å²) in [5, 5.41) is 0. The predicted octanol–water partition coefficient (Wildman–Crippen LogP) is 5.86. The second-order valence-corrected chi connectivity index (χ2v) is 11.2. The summed E-state index contributed by atoms with van der Waals surface area (Å²) in [4.78, 5) is 34.3. The summed E-state index contributed by atoms with van der Waals surface area (Å²) >= 11 is 1.41. The van der Waals surface area contributed by atoms with Gasteiger partial charge in [0.25, 0.3) is 11.8 Å². The number of hydrogen-bond acceptors (Lipinski definition) is 6. The van der Waals surface area contributed by atoms with Gasteiger partial charge in [-0.05, 0) is 80.4 Å². The monoisotopic (exact) mass is 557 g/mol. The zero-order valence-electron chi connectivity index (χ0n) is 23.6. The van der Waals surface area contributed by atoms with Gasteiger partial charge in [0.2, 0.25) is 0 Å². The topological polar surface area (TPSA) is 62.3 Å². The summed E-state index contributed by atoms with van der Waals surface area (Å²) < 4.78 is 11.1. The number of amides is 2. The molecule has 0 N–H and O–H groups in total. The summed E-state index contributed by atoms with van der Waals surface area (Å²) in [7, 11) is 3.35. The fourth-order valence-electron chi connectivity index (χ4n) is 5.24. The quantitative estimate of drug-likeness (QED) is 0.354. The first-order chi connectivity index (χ1) is 19.3.